The van der Waals surface area contributed by atoms with E-state index in [4.69, 9.17) is 0 Å². The van der Waals surface area contributed by atoms with Gasteiger partial charge in [-0.2, -0.15) is 0 Å². The van der Waals surface area contributed by atoms with E-state index in [1.807, 2.05) is 24.3 Å². The van der Waals surface area contributed by atoms with Crippen LogP contribution < -0.4 is 0 Å². The Kier molecular flexibility index (Phi) is 5.09. The van der Waals surface area contributed by atoms with Gasteiger partial charge >= 0.3 is 0 Å². The Bertz CT molecular complexity index is 1090. The van der Waals surface area contributed by atoms with Crippen molar-refractivity contribution in [3.8, 4) is 0 Å². The lowest BCUT2D eigenvalue weighted by Crippen LogP contribution is -2.05. The average Bonchev–Trinajstić information content (AvgIpc) is 3.15. The first-order chi connectivity index (χ1) is 13.2. The van der Waals surface area contributed by atoms with Gasteiger partial charge in [0.25, 0.3) is 0 Å². The van der Waals surface area contributed by atoms with E-state index in [1.54, 1.807) is 10.8 Å². The molecule has 2 aromatic heterocycles. The van der Waals surface area contributed by atoms with Crippen LogP contribution in [0.15, 0.2) is 53.9 Å². The van der Waals surface area contributed by atoms with Gasteiger partial charge in [-0.1, -0.05) is 55.9 Å². The van der Waals surface area contributed by atoms with Gasteiger partial charge in [-0.05, 0) is 41.7 Å². The molecule has 0 aliphatic carbocycles. The topological polar surface area (TPSA) is 63.3 Å². The summed E-state index contributed by atoms with van der Waals surface area (Å²) in [6.07, 6.45) is 3.01. The quantitative estimate of drug-likeness (QED) is 0.509. The number of aryl methyl sites for hydroxylation is 2. The van der Waals surface area contributed by atoms with Crippen molar-refractivity contribution >= 4 is 28.3 Å². The number of aromatic nitrogens is 4. The normalized spacial score (nSPS) is 12.7. The Balaban J connectivity index is 1.57. The van der Waals surface area contributed by atoms with Crippen LogP contribution in [0.3, 0.4) is 0 Å². The van der Waals surface area contributed by atoms with Crippen molar-refractivity contribution < 1.29 is 5.11 Å². The zero-order chi connectivity index (χ0) is 18.8. The SMILES string of the molecule is CCc1ccc(CC)c([C@@H](O)CSc2nc3c4ccccc4ncn3n2)c1. The van der Waals surface area contributed by atoms with Crippen molar-refractivity contribution in [3.63, 3.8) is 0 Å². The standard InChI is InChI=1S/C21H22N4OS/c1-3-14-9-10-15(4-2)17(11-14)19(26)12-27-21-23-20-16-7-5-6-8-18(16)22-13-25(20)24-21/h5-11,13,19,26H,3-4,12H2,1-2H3/t19-/m0/s1. The van der Waals surface area contributed by atoms with Gasteiger partial charge in [0.2, 0.25) is 5.16 Å². The summed E-state index contributed by atoms with van der Waals surface area (Å²) in [4.78, 5) is 9.06. The molecule has 1 atom stereocenters. The highest BCUT2D eigenvalue weighted by atomic mass is 32.2. The minimum absolute atomic E-state index is 0.516. The number of aliphatic hydroxyl groups is 1. The predicted octanol–water partition coefficient (Wildman–Crippen LogP) is 4.23. The first kappa shape index (κ1) is 17.9. The minimum atomic E-state index is -0.544. The molecule has 4 aromatic rings. The Morgan fingerprint density at radius 1 is 1.11 bits per heavy atom. The van der Waals surface area contributed by atoms with Gasteiger partial charge < -0.3 is 5.11 Å². The lowest BCUT2D eigenvalue weighted by molar-refractivity contribution is 0.203. The first-order valence-electron chi connectivity index (χ1n) is 9.22. The molecule has 0 bridgehead atoms. The molecule has 4 rings (SSSR count). The smallest absolute Gasteiger partial charge is 0.209 e. The van der Waals surface area contributed by atoms with Gasteiger partial charge in [0, 0.05) is 11.1 Å². The van der Waals surface area contributed by atoms with Crippen LogP contribution in [0.1, 0.15) is 36.6 Å². The fourth-order valence-corrected chi connectivity index (χ4v) is 4.04. The molecule has 2 heterocycles. The highest BCUT2D eigenvalue weighted by Crippen LogP contribution is 2.27. The first-order valence-corrected chi connectivity index (χ1v) is 10.2. The van der Waals surface area contributed by atoms with Crippen LogP contribution in [0, 0.1) is 0 Å². The third kappa shape index (κ3) is 3.55. The summed E-state index contributed by atoms with van der Waals surface area (Å²) in [6.45, 7) is 4.25. The van der Waals surface area contributed by atoms with Gasteiger partial charge in [0.1, 0.15) is 6.33 Å². The molecule has 0 unspecified atom stereocenters. The summed E-state index contributed by atoms with van der Waals surface area (Å²) in [7, 11) is 0. The molecule has 0 aliphatic rings. The number of hydrogen-bond acceptors (Lipinski definition) is 5. The van der Waals surface area contributed by atoms with Gasteiger partial charge in [-0.3, -0.25) is 0 Å². The second-order valence-electron chi connectivity index (χ2n) is 6.49. The number of fused-ring (bicyclic) bond motifs is 3. The van der Waals surface area contributed by atoms with Gasteiger partial charge in [-0.25, -0.2) is 14.5 Å². The molecular formula is C21H22N4OS. The molecule has 0 amide bonds. The van der Waals surface area contributed by atoms with E-state index in [2.05, 4.69) is 47.1 Å². The third-order valence-corrected chi connectivity index (χ3v) is 5.71. The Labute approximate surface area is 162 Å². The molecule has 0 fully saturated rings. The van der Waals surface area contributed by atoms with Crippen molar-refractivity contribution in [2.45, 2.75) is 37.9 Å². The number of benzene rings is 2. The van der Waals surface area contributed by atoms with Crippen LogP contribution in [0.2, 0.25) is 0 Å². The second kappa shape index (κ2) is 7.66. The number of rotatable bonds is 6. The molecule has 0 spiro atoms. The molecule has 0 saturated heterocycles. The van der Waals surface area contributed by atoms with Crippen LogP contribution in [-0.2, 0) is 12.8 Å². The van der Waals surface area contributed by atoms with Gasteiger partial charge in [-0.15, -0.1) is 5.10 Å². The molecule has 1 N–H and O–H groups in total. The Hall–Kier alpha value is -2.44. The zero-order valence-corrected chi connectivity index (χ0v) is 16.3. The average molecular weight is 379 g/mol. The zero-order valence-electron chi connectivity index (χ0n) is 15.5. The summed E-state index contributed by atoms with van der Waals surface area (Å²) in [6, 6.07) is 14.3. The predicted molar refractivity (Wildman–Crippen MR) is 109 cm³/mol. The molecule has 0 radical (unpaired) electrons. The summed E-state index contributed by atoms with van der Waals surface area (Å²) in [5, 5.41) is 16.9. The molecule has 138 valence electrons. The minimum Gasteiger partial charge on any atom is -0.388 e. The van der Waals surface area contributed by atoms with Crippen molar-refractivity contribution in [2.24, 2.45) is 0 Å². The highest BCUT2D eigenvalue weighted by molar-refractivity contribution is 7.99. The van der Waals surface area contributed by atoms with Gasteiger partial charge in [0.15, 0.2) is 5.65 Å². The summed E-state index contributed by atoms with van der Waals surface area (Å²) < 4.78 is 1.70. The molecule has 2 aromatic carbocycles. The van der Waals surface area contributed by atoms with E-state index in [0.29, 0.717) is 10.9 Å². The molecular weight excluding hydrogens is 356 g/mol. The van der Waals surface area contributed by atoms with Crippen LogP contribution in [0.4, 0.5) is 0 Å². The number of para-hydroxylation sites is 1. The lowest BCUT2D eigenvalue weighted by atomic mass is 9.97. The largest absolute Gasteiger partial charge is 0.388 e. The van der Waals surface area contributed by atoms with Crippen LogP contribution in [0.5, 0.6) is 0 Å². The number of hydrogen-bond donors (Lipinski definition) is 1. The molecule has 0 aliphatic heterocycles. The summed E-state index contributed by atoms with van der Waals surface area (Å²) >= 11 is 1.47. The second-order valence-corrected chi connectivity index (χ2v) is 7.48. The van der Waals surface area contributed by atoms with E-state index >= 15 is 0 Å². The fraction of sp³-hybridized carbons (Fsp3) is 0.286. The van der Waals surface area contributed by atoms with Crippen LogP contribution in [-0.4, -0.2) is 30.4 Å². The van der Waals surface area contributed by atoms with Crippen LogP contribution in [0.25, 0.3) is 16.6 Å². The summed E-state index contributed by atoms with van der Waals surface area (Å²) in [5.74, 6) is 0.516. The van der Waals surface area contributed by atoms with Crippen molar-refractivity contribution in [1.82, 2.24) is 19.6 Å². The van der Waals surface area contributed by atoms with E-state index in [9.17, 15) is 5.11 Å². The maximum atomic E-state index is 10.8. The van der Waals surface area contributed by atoms with E-state index < -0.39 is 6.10 Å². The van der Waals surface area contributed by atoms with Crippen molar-refractivity contribution in [3.05, 3.63) is 65.5 Å². The maximum Gasteiger partial charge on any atom is 0.209 e. The number of thioether (sulfide) groups is 1. The van der Waals surface area contributed by atoms with Crippen molar-refractivity contribution in [2.75, 3.05) is 5.75 Å². The summed E-state index contributed by atoms with van der Waals surface area (Å²) in [5.41, 5.74) is 5.14. The lowest BCUT2D eigenvalue weighted by Gasteiger charge is -2.15. The van der Waals surface area contributed by atoms with Crippen molar-refractivity contribution in [1.29, 1.82) is 0 Å². The molecule has 6 heteroatoms. The molecule has 27 heavy (non-hydrogen) atoms. The monoisotopic (exact) mass is 378 g/mol. The van der Waals surface area contributed by atoms with Gasteiger partial charge in [0.05, 0.1) is 11.6 Å². The fourth-order valence-electron chi connectivity index (χ4n) is 3.26. The van der Waals surface area contributed by atoms with E-state index in [1.165, 1.54) is 22.9 Å². The highest BCUT2D eigenvalue weighted by Gasteiger charge is 2.15. The molecule has 5 nitrogen and oxygen atoms in total. The number of nitrogens with zero attached hydrogens (tertiary/aromatic N) is 4. The Morgan fingerprint density at radius 2 is 1.96 bits per heavy atom. The Morgan fingerprint density at radius 3 is 2.78 bits per heavy atom. The maximum absolute atomic E-state index is 10.8. The van der Waals surface area contributed by atoms with E-state index in [-0.39, 0.29) is 0 Å². The molecule has 0 saturated carbocycles. The van der Waals surface area contributed by atoms with E-state index in [0.717, 1.165) is 35.0 Å². The number of aliphatic hydroxyl groups excluding tert-OH is 1. The third-order valence-electron chi connectivity index (χ3n) is 4.79. The van der Waals surface area contributed by atoms with Crippen LogP contribution >= 0.6 is 11.8 Å².